The van der Waals surface area contributed by atoms with Gasteiger partial charge < -0.3 is 5.32 Å². The fourth-order valence-corrected chi connectivity index (χ4v) is 5.65. The van der Waals surface area contributed by atoms with E-state index in [1.807, 2.05) is 6.92 Å². The summed E-state index contributed by atoms with van der Waals surface area (Å²) in [6.07, 6.45) is 12.3. The largest absolute Gasteiger partial charge is 0.351 e. The van der Waals surface area contributed by atoms with Crippen molar-refractivity contribution in [1.29, 1.82) is 0 Å². The van der Waals surface area contributed by atoms with E-state index in [9.17, 15) is 4.79 Å². The van der Waals surface area contributed by atoms with Crippen molar-refractivity contribution in [3.05, 3.63) is 29.0 Å². The van der Waals surface area contributed by atoms with Crippen molar-refractivity contribution < 1.29 is 4.79 Å². The Bertz CT molecular complexity index is 748. The van der Waals surface area contributed by atoms with Gasteiger partial charge in [0.15, 0.2) is 10.8 Å². The van der Waals surface area contributed by atoms with Crippen molar-refractivity contribution in [3.63, 3.8) is 0 Å². The van der Waals surface area contributed by atoms with Crippen LogP contribution in [-0.2, 0) is 6.42 Å². The van der Waals surface area contributed by atoms with E-state index in [0.29, 0.717) is 16.6 Å². The maximum atomic E-state index is 12.8. The van der Waals surface area contributed by atoms with Gasteiger partial charge in [-0.2, -0.15) is 0 Å². The first-order valence-corrected chi connectivity index (χ1v) is 10.6. The first kappa shape index (κ1) is 17.6. The number of nitrogens with one attached hydrogen (secondary N) is 1. The molecule has 2 aliphatic carbocycles. The number of carbonyl (C=O) groups excluding carboxylic acids is 1. The lowest BCUT2D eigenvalue weighted by molar-refractivity contribution is 0.0918. The van der Waals surface area contributed by atoms with Crippen molar-refractivity contribution in [3.8, 4) is 10.8 Å². The number of aryl methyl sites for hydroxylation is 1. The standard InChI is InChI=1S/C20H26N4OS/c1-2-16-17(26-20(24-16)18-21-7-4-8-22-18)19(25)23-12-15-10-13-5-3-6-14(9-13)11-15/h4,7-8,13-15H,2-3,5-6,9-12H2,1H3,(H,23,25). The van der Waals surface area contributed by atoms with Crippen LogP contribution in [0.4, 0.5) is 0 Å². The number of thiazole rings is 1. The highest BCUT2D eigenvalue weighted by Gasteiger charge is 2.32. The van der Waals surface area contributed by atoms with Gasteiger partial charge in [-0.15, -0.1) is 11.3 Å². The predicted octanol–water partition coefficient (Wildman–Crippen LogP) is 4.11. The lowest BCUT2D eigenvalue weighted by Gasteiger charge is -2.39. The van der Waals surface area contributed by atoms with Crippen molar-refractivity contribution in [2.24, 2.45) is 17.8 Å². The zero-order valence-electron chi connectivity index (χ0n) is 15.3. The van der Waals surface area contributed by atoms with Gasteiger partial charge in [0.1, 0.15) is 4.88 Å². The van der Waals surface area contributed by atoms with Crippen LogP contribution in [0.5, 0.6) is 0 Å². The first-order chi connectivity index (χ1) is 12.7. The fraction of sp³-hybridized carbons (Fsp3) is 0.600. The van der Waals surface area contributed by atoms with E-state index in [1.165, 1.54) is 49.9 Å². The molecule has 2 aliphatic rings. The zero-order valence-corrected chi connectivity index (χ0v) is 16.1. The summed E-state index contributed by atoms with van der Waals surface area (Å²) >= 11 is 1.40. The monoisotopic (exact) mass is 370 g/mol. The molecule has 6 heteroatoms. The topological polar surface area (TPSA) is 67.8 Å². The Morgan fingerprint density at radius 2 is 1.92 bits per heavy atom. The molecule has 2 unspecified atom stereocenters. The third-order valence-electron chi connectivity index (χ3n) is 5.77. The lowest BCUT2D eigenvalue weighted by atomic mass is 9.68. The normalized spacial score (nSPS) is 25.0. The molecule has 1 N–H and O–H groups in total. The molecule has 0 radical (unpaired) electrons. The van der Waals surface area contributed by atoms with Crippen molar-refractivity contribution in [2.45, 2.75) is 51.9 Å². The van der Waals surface area contributed by atoms with Gasteiger partial charge in [0.25, 0.3) is 5.91 Å². The minimum Gasteiger partial charge on any atom is -0.351 e. The van der Waals surface area contributed by atoms with Crippen LogP contribution in [0.3, 0.4) is 0 Å². The molecule has 2 bridgehead atoms. The number of hydrogen-bond acceptors (Lipinski definition) is 5. The van der Waals surface area contributed by atoms with Gasteiger partial charge in [0.05, 0.1) is 5.69 Å². The molecule has 0 spiro atoms. The molecule has 2 aromatic rings. The molecular formula is C20H26N4OS. The Labute approximate surface area is 158 Å². The van der Waals surface area contributed by atoms with E-state index in [4.69, 9.17) is 0 Å². The summed E-state index contributed by atoms with van der Waals surface area (Å²) in [5, 5.41) is 3.91. The number of nitrogens with zero attached hydrogens (tertiary/aromatic N) is 3. The van der Waals surface area contributed by atoms with E-state index >= 15 is 0 Å². The molecule has 0 saturated heterocycles. The molecule has 2 aromatic heterocycles. The molecule has 2 saturated carbocycles. The Morgan fingerprint density at radius 3 is 2.62 bits per heavy atom. The number of carbonyl (C=O) groups is 1. The molecule has 0 aliphatic heterocycles. The Balaban J connectivity index is 1.42. The molecule has 138 valence electrons. The molecule has 1 amide bonds. The van der Waals surface area contributed by atoms with Crippen LogP contribution >= 0.6 is 11.3 Å². The highest BCUT2D eigenvalue weighted by molar-refractivity contribution is 7.17. The smallest absolute Gasteiger partial charge is 0.263 e. The minimum absolute atomic E-state index is 0.0114. The Hall–Kier alpha value is -1.82. The van der Waals surface area contributed by atoms with Crippen LogP contribution in [0.15, 0.2) is 18.5 Å². The first-order valence-electron chi connectivity index (χ1n) is 9.78. The maximum Gasteiger partial charge on any atom is 0.263 e. The van der Waals surface area contributed by atoms with Crippen molar-refractivity contribution >= 4 is 17.2 Å². The second-order valence-corrected chi connectivity index (χ2v) is 8.67. The highest BCUT2D eigenvalue weighted by atomic mass is 32.1. The van der Waals surface area contributed by atoms with Crippen molar-refractivity contribution in [2.75, 3.05) is 6.54 Å². The summed E-state index contributed by atoms with van der Waals surface area (Å²) in [6, 6.07) is 1.78. The third kappa shape index (κ3) is 3.80. The van der Waals surface area contributed by atoms with E-state index in [1.54, 1.807) is 18.5 Å². The SMILES string of the molecule is CCc1nc(-c2ncccn2)sc1C(=O)NCC1CC2CCCC(C2)C1. The number of aromatic nitrogens is 3. The molecule has 5 nitrogen and oxygen atoms in total. The summed E-state index contributed by atoms with van der Waals surface area (Å²) in [4.78, 5) is 26.6. The predicted molar refractivity (Wildman–Crippen MR) is 103 cm³/mol. The summed E-state index contributed by atoms with van der Waals surface area (Å²) in [5.74, 6) is 3.02. The molecule has 2 atom stereocenters. The molecule has 4 rings (SSSR count). The summed E-state index contributed by atoms with van der Waals surface area (Å²) in [5.41, 5.74) is 0.843. The van der Waals surface area contributed by atoms with Gasteiger partial charge >= 0.3 is 0 Å². The zero-order chi connectivity index (χ0) is 17.9. The fourth-order valence-electron chi connectivity index (χ4n) is 4.63. The summed E-state index contributed by atoms with van der Waals surface area (Å²) in [6.45, 7) is 2.83. The molecule has 2 heterocycles. The van der Waals surface area contributed by atoms with E-state index < -0.39 is 0 Å². The van der Waals surface area contributed by atoms with Gasteiger partial charge in [-0.1, -0.05) is 26.2 Å². The van der Waals surface area contributed by atoms with Crippen LogP contribution in [-0.4, -0.2) is 27.4 Å². The van der Waals surface area contributed by atoms with Gasteiger partial charge in [-0.25, -0.2) is 15.0 Å². The third-order valence-corrected chi connectivity index (χ3v) is 6.86. The average Bonchev–Trinajstić information content (AvgIpc) is 3.11. The summed E-state index contributed by atoms with van der Waals surface area (Å²) in [7, 11) is 0. The van der Waals surface area contributed by atoms with Crippen LogP contribution in [0, 0.1) is 17.8 Å². The van der Waals surface area contributed by atoms with Gasteiger partial charge in [-0.05, 0) is 49.5 Å². The average molecular weight is 371 g/mol. The minimum atomic E-state index is 0.0114. The highest BCUT2D eigenvalue weighted by Crippen LogP contribution is 2.42. The van der Waals surface area contributed by atoms with E-state index in [0.717, 1.165) is 35.5 Å². The number of hydrogen-bond donors (Lipinski definition) is 1. The Kier molecular flexibility index (Phi) is 5.29. The van der Waals surface area contributed by atoms with E-state index in [2.05, 4.69) is 20.3 Å². The van der Waals surface area contributed by atoms with Gasteiger partial charge in [-0.3, -0.25) is 4.79 Å². The van der Waals surface area contributed by atoms with Crippen LogP contribution in [0.2, 0.25) is 0 Å². The number of rotatable bonds is 5. The molecule has 2 fully saturated rings. The van der Waals surface area contributed by atoms with E-state index in [-0.39, 0.29) is 5.91 Å². The molecule has 26 heavy (non-hydrogen) atoms. The molecule has 0 aromatic carbocycles. The van der Waals surface area contributed by atoms with Gasteiger partial charge in [0, 0.05) is 18.9 Å². The van der Waals surface area contributed by atoms with Crippen LogP contribution in [0.1, 0.15) is 60.8 Å². The maximum absolute atomic E-state index is 12.8. The van der Waals surface area contributed by atoms with Gasteiger partial charge in [0.2, 0.25) is 0 Å². The lowest BCUT2D eigenvalue weighted by Crippen LogP contribution is -2.35. The molecular weight excluding hydrogens is 344 g/mol. The quantitative estimate of drug-likeness (QED) is 0.860. The number of fused-ring (bicyclic) bond motifs is 2. The second kappa shape index (κ2) is 7.82. The second-order valence-electron chi connectivity index (χ2n) is 7.67. The Morgan fingerprint density at radius 1 is 1.19 bits per heavy atom. The summed E-state index contributed by atoms with van der Waals surface area (Å²) < 4.78 is 0. The van der Waals surface area contributed by atoms with Crippen molar-refractivity contribution in [1.82, 2.24) is 20.3 Å². The number of amides is 1. The van der Waals surface area contributed by atoms with Crippen LogP contribution in [0.25, 0.3) is 10.8 Å². The van der Waals surface area contributed by atoms with Crippen LogP contribution < -0.4 is 5.32 Å².